The van der Waals surface area contributed by atoms with Crippen LogP contribution in [0.1, 0.15) is 49.9 Å². The largest absolute Gasteiger partial charge is 0.573 e. The standard InChI is InChI=1S/C31H31ClF3N3O6/c1-18(37-43-12-11-27(39)40)20-13-22(15-24(14-20)42-4)36-28(19-5-7-21(32)8-6-19)29(41)38-17-30(2,3)25-10-9-23(16-26(25)38)44-31(33,34)35/h5-10,13-16,28,36H,11-12,17H2,1-4H3,(H,39,40)/b37-18+. The third-order valence-electron chi connectivity index (χ3n) is 6.97. The van der Waals surface area contributed by atoms with Crippen molar-refractivity contribution in [1.82, 2.24) is 0 Å². The molecule has 3 aromatic carbocycles. The molecule has 1 aliphatic heterocycles. The van der Waals surface area contributed by atoms with Crippen molar-refractivity contribution in [3.63, 3.8) is 0 Å². The maximum Gasteiger partial charge on any atom is 0.573 e. The normalized spacial score (nSPS) is 14.9. The van der Waals surface area contributed by atoms with Crippen molar-refractivity contribution < 1.29 is 42.2 Å². The Kier molecular flexibility index (Phi) is 9.62. The van der Waals surface area contributed by atoms with Crippen LogP contribution in [-0.2, 0) is 19.8 Å². The van der Waals surface area contributed by atoms with Crippen LogP contribution in [-0.4, -0.2) is 49.3 Å². The van der Waals surface area contributed by atoms with Gasteiger partial charge >= 0.3 is 12.3 Å². The van der Waals surface area contributed by atoms with E-state index in [1.165, 1.54) is 24.1 Å². The zero-order chi connectivity index (χ0) is 32.2. The highest BCUT2D eigenvalue weighted by molar-refractivity contribution is 6.30. The van der Waals surface area contributed by atoms with Crippen LogP contribution >= 0.6 is 11.6 Å². The van der Waals surface area contributed by atoms with E-state index in [9.17, 15) is 22.8 Å². The van der Waals surface area contributed by atoms with E-state index in [1.807, 2.05) is 13.8 Å². The van der Waals surface area contributed by atoms with Crippen molar-refractivity contribution >= 4 is 40.6 Å². The van der Waals surface area contributed by atoms with Crippen molar-refractivity contribution in [2.45, 2.75) is 45.0 Å². The number of carbonyl (C=O) groups excluding carboxylic acids is 1. The second-order valence-corrected chi connectivity index (χ2v) is 11.2. The molecule has 3 aromatic rings. The third kappa shape index (κ3) is 7.93. The molecule has 0 aliphatic carbocycles. The molecule has 0 bridgehead atoms. The van der Waals surface area contributed by atoms with E-state index in [0.717, 1.165) is 0 Å². The van der Waals surface area contributed by atoms with Crippen molar-refractivity contribution in [2.75, 3.05) is 30.5 Å². The molecule has 234 valence electrons. The number of halogens is 4. The lowest BCUT2D eigenvalue weighted by molar-refractivity contribution is -0.274. The fraction of sp³-hybridized carbons (Fsp3) is 0.323. The number of aliphatic carboxylic acids is 1. The molecular formula is C31H31ClF3N3O6. The maximum atomic E-state index is 14.3. The first-order valence-corrected chi connectivity index (χ1v) is 13.9. The van der Waals surface area contributed by atoms with Crippen LogP contribution in [0.15, 0.2) is 65.8 Å². The van der Waals surface area contributed by atoms with Crippen LogP contribution in [0.2, 0.25) is 5.02 Å². The number of nitrogens with one attached hydrogen (secondary N) is 1. The second kappa shape index (κ2) is 13.0. The smallest absolute Gasteiger partial charge is 0.497 e. The number of ether oxygens (including phenoxy) is 2. The summed E-state index contributed by atoms with van der Waals surface area (Å²) in [5, 5.41) is 16.5. The van der Waals surface area contributed by atoms with E-state index in [4.69, 9.17) is 26.3 Å². The molecule has 1 aliphatic rings. The van der Waals surface area contributed by atoms with Gasteiger partial charge in [0.1, 0.15) is 24.1 Å². The molecule has 13 heteroatoms. The number of alkyl halides is 3. The number of amides is 1. The van der Waals surface area contributed by atoms with Gasteiger partial charge < -0.3 is 29.6 Å². The second-order valence-electron chi connectivity index (χ2n) is 10.8. The number of fused-ring (bicyclic) bond motifs is 1. The van der Waals surface area contributed by atoms with Crippen molar-refractivity contribution in [3.8, 4) is 11.5 Å². The molecule has 9 nitrogen and oxygen atoms in total. The first-order chi connectivity index (χ1) is 20.7. The Hall–Kier alpha value is -4.45. The van der Waals surface area contributed by atoms with Gasteiger partial charge in [-0.1, -0.05) is 48.8 Å². The van der Waals surface area contributed by atoms with E-state index in [2.05, 4.69) is 15.2 Å². The monoisotopic (exact) mass is 633 g/mol. The van der Waals surface area contributed by atoms with Crippen LogP contribution in [0, 0.1) is 0 Å². The van der Waals surface area contributed by atoms with Gasteiger partial charge in [0.25, 0.3) is 5.91 Å². The van der Waals surface area contributed by atoms with Gasteiger partial charge in [-0.2, -0.15) is 0 Å². The van der Waals surface area contributed by atoms with Crippen LogP contribution in [0.4, 0.5) is 24.5 Å². The lowest BCUT2D eigenvalue weighted by atomic mass is 9.87. The number of anilines is 2. The summed E-state index contributed by atoms with van der Waals surface area (Å²) >= 11 is 6.13. The summed E-state index contributed by atoms with van der Waals surface area (Å²) in [5.41, 5.74) is 2.50. The van der Waals surface area contributed by atoms with Crippen molar-refractivity contribution in [3.05, 3.63) is 82.4 Å². The molecule has 1 amide bonds. The van der Waals surface area contributed by atoms with E-state index in [0.29, 0.717) is 44.5 Å². The Labute approximate surface area is 257 Å². The summed E-state index contributed by atoms with van der Waals surface area (Å²) < 4.78 is 48.7. The molecule has 2 N–H and O–H groups in total. The Morgan fingerprint density at radius 3 is 2.43 bits per heavy atom. The average Bonchev–Trinajstić information content (AvgIpc) is 3.22. The summed E-state index contributed by atoms with van der Waals surface area (Å²) in [5.74, 6) is -1.43. The Balaban J connectivity index is 1.72. The molecule has 1 heterocycles. The summed E-state index contributed by atoms with van der Waals surface area (Å²) in [6.07, 6.45) is -5.11. The first kappa shape index (κ1) is 32.5. The minimum Gasteiger partial charge on any atom is -0.497 e. The Bertz CT molecular complexity index is 1560. The van der Waals surface area contributed by atoms with Gasteiger partial charge in [0, 0.05) is 40.4 Å². The zero-order valence-corrected chi connectivity index (χ0v) is 25.1. The third-order valence-corrected chi connectivity index (χ3v) is 7.22. The highest BCUT2D eigenvalue weighted by Crippen LogP contribution is 2.44. The van der Waals surface area contributed by atoms with E-state index in [1.54, 1.807) is 55.5 Å². The summed E-state index contributed by atoms with van der Waals surface area (Å²) in [4.78, 5) is 31.7. The average molecular weight is 634 g/mol. The van der Waals surface area contributed by atoms with Gasteiger partial charge in [-0.05, 0) is 48.4 Å². The lowest BCUT2D eigenvalue weighted by Crippen LogP contribution is -2.39. The number of hydrogen-bond donors (Lipinski definition) is 2. The van der Waals surface area contributed by atoms with E-state index in [-0.39, 0.29) is 19.6 Å². The molecule has 1 atom stereocenters. The molecule has 0 radical (unpaired) electrons. The number of carbonyl (C=O) groups is 2. The van der Waals surface area contributed by atoms with Gasteiger partial charge in [-0.25, -0.2) is 0 Å². The first-order valence-electron chi connectivity index (χ1n) is 13.5. The number of oxime groups is 1. The summed E-state index contributed by atoms with van der Waals surface area (Å²) in [6.45, 7) is 5.58. The van der Waals surface area contributed by atoms with Crippen LogP contribution in [0.25, 0.3) is 0 Å². The summed E-state index contributed by atoms with van der Waals surface area (Å²) in [6, 6.07) is 14.8. The number of rotatable bonds is 11. The predicted molar refractivity (Wildman–Crippen MR) is 160 cm³/mol. The Morgan fingerprint density at radius 1 is 1.09 bits per heavy atom. The molecular weight excluding hydrogens is 603 g/mol. The number of methoxy groups -OCH3 is 1. The maximum absolute atomic E-state index is 14.3. The van der Waals surface area contributed by atoms with Crippen LogP contribution < -0.4 is 19.7 Å². The van der Waals surface area contributed by atoms with E-state index >= 15 is 0 Å². The van der Waals surface area contributed by atoms with Crippen LogP contribution in [0.5, 0.6) is 11.5 Å². The highest BCUT2D eigenvalue weighted by atomic mass is 35.5. The van der Waals surface area contributed by atoms with Gasteiger partial charge in [-0.3, -0.25) is 9.59 Å². The molecule has 4 rings (SSSR count). The van der Waals surface area contributed by atoms with Crippen molar-refractivity contribution in [2.24, 2.45) is 5.16 Å². The van der Waals surface area contributed by atoms with Gasteiger partial charge in [0.15, 0.2) is 0 Å². The SMILES string of the molecule is COc1cc(NC(C(=O)N2CC(C)(C)c3ccc(OC(F)(F)F)cc32)c2ccc(Cl)cc2)cc(/C(C)=N/OCCC(=O)O)c1. The number of hydrogen-bond acceptors (Lipinski definition) is 7. The minimum atomic E-state index is -4.89. The number of carboxylic acids is 1. The molecule has 0 fully saturated rings. The summed E-state index contributed by atoms with van der Waals surface area (Å²) in [7, 11) is 1.48. The number of benzene rings is 3. The fourth-order valence-electron chi connectivity index (χ4n) is 4.87. The van der Waals surface area contributed by atoms with Gasteiger partial charge in [-0.15, -0.1) is 13.2 Å². The predicted octanol–water partition coefficient (Wildman–Crippen LogP) is 6.94. The van der Waals surface area contributed by atoms with Gasteiger partial charge in [0.05, 0.1) is 24.9 Å². The minimum absolute atomic E-state index is 0.113. The topological polar surface area (TPSA) is 110 Å². The highest BCUT2D eigenvalue weighted by Gasteiger charge is 2.41. The zero-order valence-electron chi connectivity index (χ0n) is 24.4. The molecule has 0 spiro atoms. The molecule has 44 heavy (non-hydrogen) atoms. The van der Waals surface area contributed by atoms with Crippen LogP contribution in [0.3, 0.4) is 0 Å². The van der Waals surface area contributed by atoms with Crippen molar-refractivity contribution in [1.29, 1.82) is 0 Å². The molecule has 0 aromatic heterocycles. The fourth-order valence-corrected chi connectivity index (χ4v) is 5.00. The van der Waals surface area contributed by atoms with Gasteiger partial charge in [0.2, 0.25) is 0 Å². The Morgan fingerprint density at radius 2 is 1.80 bits per heavy atom. The quantitative estimate of drug-likeness (QED) is 0.134. The molecule has 0 saturated carbocycles. The molecule has 0 saturated heterocycles. The molecule has 1 unspecified atom stereocenters. The lowest BCUT2D eigenvalue weighted by Gasteiger charge is -2.27. The number of carboxylic acid groups (broad SMARTS) is 1. The van der Waals surface area contributed by atoms with E-state index < -0.39 is 35.4 Å². The number of nitrogens with zero attached hydrogens (tertiary/aromatic N) is 2.